The molecule has 1 saturated heterocycles. The molecule has 33 heavy (non-hydrogen) atoms. The number of carbonyl (C=O) groups is 1. The first kappa shape index (κ1) is 20.9. The maximum absolute atomic E-state index is 13.4. The normalized spacial score (nSPS) is 13.9. The van der Waals surface area contributed by atoms with E-state index in [1.54, 1.807) is 35.2 Å². The van der Waals surface area contributed by atoms with Crippen molar-refractivity contribution >= 4 is 39.1 Å². The van der Waals surface area contributed by atoms with Gasteiger partial charge in [0.1, 0.15) is 10.7 Å². The summed E-state index contributed by atoms with van der Waals surface area (Å²) in [7, 11) is 0. The average Bonchev–Trinajstić information content (AvgIpc) is 3.54. The van der Waals surface area contributed by atoms with Gasteiger partial charge in [-0.05, 0) is 48.2 Å². The minimum absolute atomic E-state index is 0.154. The van der Waals surface area contributed by atoms with Crippen molar-refractivity contribution in [2.75, 3.05) is 13.1 Å². The Bertz CT molecular complexity index is 1450. The van der Waals surface area contributed by atoms with E-state index in [0.717, 1.165) is 28.8 Å². The summed E-state index contributed by atoms with van der Waals surface area (Å²) < 4.78 is 0. The second kappa shape index (κ2) is 8.85. The number of fused-ring (bicyclic) bond motifs is 1. The number of H-pyrrole nitrogens is 1. The molecule has 4 aromatic rings. The molecule has 1 fully saturated rings. The number of aromatic amines is 1. The van der Waals surface area contributed by atoms with E-state index < -0.39 is 0 Å². The molecule has 2 aromatic carbocycles. The van der Waals surface area contributed by atoms with E-state index in [4.69, 9.17) is 10.2 Å². The summed E-state index contributed by atoms with van der Waals surface area (Å²) >= 11 is 1.43. The van der Waals surface area contributed by atoms with Crippen LogP contribution in [0.3, 0.4) is 0 Å². The number of hydrogen-bond donors (Lipinski definition) is 1. The van der Waals surface area contributed by atoms with Gasteiger partial charge in [-0.1, -0.05) is 42.5 Å². The summed E-state index contributed by atoms with van der Waals surface area (Å²) in [6.07, 6.45) is 3.66. The van der Waals surface area contributed by atoms with E-state index in [-0.39, 0.29) is 17.3 Å². The minimum Gasteiger partial charge on any atom is -0.339 e. The molecule has 1 aliphatic rings. The molecular formula is C26H20N4O2S. The van der Waals surface area contributed by atoms with Gasteiger partial charge in [0.25, 0.3) is 11.5 Å². The first-order valence-electron chi connectivity index (χ1n) is 10.7. The van der Waals surface area contributed by atoms with Crippen molar-refractivity contribution in [1.82, 2.24) is 14.9 Å². The molecule has 0 atom stereocenters. The van der Waals surface area contributed by atoms with Gasteiger partial charge in [-0.3, -0.25) is 9.59 Å². The highest BCUT2D eigenvalue weighted by molar-refractivity contribution is 7.21. The van der Waals surface area contributed by atoms with Crippen molar-refractivity contribution in [1.29, 1.82) is 5.26 Å². The Morgan fingerprint density at radius 1 is 1.09 bits per heavy atom. The highest BCUT2D eigenvalue weighted by Gasteiger charge is 2.25. The van der Waals surface area contributed by atoms with E-state index >= 15 is 0 Å². The van der Waals surface area contributed by atoms with Crippen LogP contribution in [0, 0.1) is 11.3 Å². The number of benzene rings is 2. The van der Waals surface area contributed by atoms with Crippen molar-refractivity contribution in [2.45, 2.75) is 12.8 Å². The second-order valence-electron chi connectivity index (χ2n) is 7.90. The zero-order chi connectivity index (χ0) is 22.8. The first-order valence-corrected chi connectivity index (χ1v) is 11.5. The molecule has 5 rings (SSSR count). The SMILES string of the molecule is N#Cc1ccc(C=C(C(=O)N2CCCC2)c2nc3sc(-c4ccccc4)cc3c(=O)[nH]2)cc1. The van der Waals surface area contributed by atoms with Gasteiger partial charge < -0.3 is 9.88 Å². The van der Waals surface area contributed by atoms with Crippen LogP contribution in [0.25, 0.3) is 32.3 Å². The average molecular weight is 453 g/mol. The van der Waals surface area contributed by atoms with Gasteiger partial charge >= 0.3 is 0 Å². The van der Waals surface area contributed by atoms with Crippen LogP contribution in [0.5, 0.6) is 0 Å². The maximum Gasteiger partial charge on any atom is 0.259 e. The molecule has 3 heterocycles. The third-order valence-electron chi connectivity index (χ3n) is 5.69. The van der Waals surface area contributed by atoms with Crippen molar-refractivity contribution < 1.29 is 4.79 Å². The van der Waals surface area contributed by atoms with Gasteiger partial charge in [-0.2, -0.15) is 5.26 Å². The fourth-order valence-electron chi connectivity index (χ4n) is 3.95. The lowest BCUT2D eigenvalue weighted by Gasteiger charge is -2.17. The Hall–Kier alpha value is -4.02. The lowest BCUT2D eigenvalue weighted by molar-refractivity contribution is -0.123. The number of hydrogen-bond acceptors (Lipinski definition) is 5. The lowest BCUT2D eigenvalue weighted by Crippen LogP contribution is -2.29. The Morgan fingerprint density at radius 3 is 2.52 bits per heavy atom. The first-order chi connectivity index (χ1) is 16.1. The second-order valence-corrected chi connectivity index (χ2v) is 8.93. The standard InChI is InChI=1S/C26H20N4O2S/c27-16-18-10-8-17(9-11-18)14-20(26(32)30-12-4-5-13-30)23-28-24(31)21-15-22(33-25(21)29-23)19-6-2-1-3-7-19/h1-3,6-11,14-15H,4-5,12-13H2,(H,28,29,31). The summed E-state index contributed by atoms with van der Waals surface area (Å²) in [6, 6.07) is 20.8. The number of amides is 1. The zero-order valence-electron chi connectivity index (χ0n) is 17.7. The van der Waals surface area contributed by atoms with Gasteiger partial charge in [0.15, 0.2) is 0 Å². The van der Waals surface area contributed by atoms with E-state index in [1.165, 1.54) is 11.3 Å². The lowest BCUT2D eigenvalue weighted by atomic mass is 10.1. The van der Waals surface area contributed by atoms with Crippen LogP contribution in [0.15, 0.2) is 65.5 Å². The number of carbonyl (C=O) groups excluding carboxylic acids is 1. The van der Waals surface area contributed by atoms with Crippen LogP contribution in [0.1, 0.15) is 29.8 Å². The number of thiophene rings is 1. The third kappa shape index (κ3) is 4.21. The molecule has 1 aliphatic heterocycles. The summed E-state index contributed by atoms with van der Waals surface area (Å²) in [5.41, 5.74) is 2.39. The Labute approximate surface area is 194 Å². The van der Waals surface area contributed by atoms with Crippen LogP contribution >= 0.6 is 11.3 Å². The molecule has 7 heteroatoms. The van der Waals surface area contributed by atoms with Crippen molar-refractivity contribution in [3.05, 3.63) is 88.0 Å². The molecule has 1 amide bonds. The Kier molecular flexibility index (Phi) is 5.59. The molecule has 6 nitrogen and oxygen atoms in total. The highest BCUT2D eigenvalue weighted by atomic mass is 32.1. The molecule has 162 valence electrons. The quantitative estimate of drug-likeness (QED) is 0.455. The molecule has 0 bridgehead atoms. The molecule has 0 aliphatic carbocycles. The van der Waals surface area contributed by atoms with E-state index in [9.17, 15) is 9.59 Å². The fraction of sp³-hybridized carbons (Fsp3) is 0.154. The molecule has 1 N–H and O–H groups in total. The number of nitrogens with zero attached hydrogens (tertiary/aromatic N) is 3. The smallest absolute Gasteiger partial charge is 0.259 e. The molecular weight excluding hydrogens is 432 g/mol. The number of likely N-dealkylation sites (tertiary alicyclic amines) is 1. The van der Waals surface area contributed by atoms with Gasteiger partial charge in [0, 0.05) is 18.0 Å². The fourth-order valence-corrected chi connectivity index (χ4v) is 4.98. The number of rotatable bonds is 4. The molecule has 0 unspecified atom stereocenters. The van der Waals surface area contributed by atoms with Gasteiger partial charge in [-0.25, -0.2) is 4.98 Å². The van der Waals surface area contributed by atoms with Crippen molar-refractivity contribution in [2.24, 2.45) is 0 Å². The Balaban J connectivity index is 1.62. The maximum atomic E-state index is 13.4. The largest absolute Gasteiger partial charge is 0.339 e. The minimum atomic E-state index is -0.270. The highest BCUT2D eigenvalue weighted by Crippen LogP contribution is 2.31. The van der Waals surface area contributed by atoms with Crippen LogP contribution in [-0.4, -0.2) is 33.9 Å². The summed E-state index contributed by atoms with van der Waals surface area (Å²) in [5.74, 6) is 0.106. The van der Waals surface area contributed by atoms with Crippen LogP contribution < -0.4 is 5.56 Å². The van der Waals surface area contributed by atoms with Crippen LogP contribution in [0.4, 0.5) is 0 Å². The molecule has 0 spiro atoms. The third-order valence-corrected chi connectivity index (χ3v) is 6.77. The number of aromatic nitrogens is 2. The molecule has 2 aromatic heterocycles. The van der Waals surface area contributed by atoms with Gasteiger partial charge in [-0.15, -0.1) is 11.3 Å². The van der Waals surface area contributed by atoms with Gasteiger partial charge in [0.05, 0.1) is 22.6 Å². The van der Waals surface area contributed by atoms with Crippen LogP contribution in [-0.2, 0) is 4.79 Å². The van der Waals surface area contributed by atoms with E-state index in [0.29, 0.717) is 34.4 Å². The zero-order valence-corrected chi connectivity index (χ0v) is 18.6. The summed E-state index contributed by atoms with van der Waals surface area (Å²) in [5, 5.41) is 9.57. The summed E-state index contributed by atoms with van der Waals surface area (Å²) in [6.45, 7) is 1.38. The Morgan fingerprint density at radius 2 is 1.82 bits per heavy atom. The topological polar surface area (TPSA) is 89.8 Å². The predicted octanol–water partition coefficient (Wildman–Crippen LogP) is 4.69. The molecule has 0 radical (unpaired) electrons. The molecule has 0 saturated carbocycles. The number of nitriles is 1. The monoisotopic (exact) mass is 452 g/mol. The van der Waals surface area contributed by atoms with Crippen molar-refractivity contribution in [3.8, 4) is 16.5 Å². The van der Waals surface area contributed by atoms with Gasteiger partial charge in [0.2, 0.25) is 0 Å². The summed E-state index contributed by atoms with van der Waals surface area (Å²) in [4.78, 5) is 37.2. The van der Waals surface area contributed by atoms with E-state index in [1.807, 2.05) is 36.4 Å². The van der Waals surface area contributed by atoms with E-state index in [2.05, 4.69) is 11.1 Å². The number of nitrogens with one attached hydrogen (secondary N) is 1. The predicted molar refractivity (Wildman–Crippen MR) is 131 cm³/mol. The van der Waals surface area contributed by atoms with Crippen LogP contribution in [0.2, 0.25) is 0 Å². The van der Waals surface area contributed by atoms with Crippen molar-refractivity contribution in [3.63, 3.8) is 0 Å².